The minimum Gasteiger partial charge on any atom is -0.406 e. The summed E-state index contributed by atoms with van der Waals surface area (Å²) >= 11 is 0. The van der Waals surface area contributed by atoms with E-state index in [-0.39, 0.29) is 89.1 Å². The molecule has 0 saturated heterocycles. The second kappa shape index (κ2) is 15.2. The van der Waals surface area contributed by atoms with Crippen LogP contribution < -0.4 is 4.74 Å². The summed E-state index contributed by atoms with van der Waals surface area (Å²) in [7, 11) is 0. The first-order valence-corrected chi connectivity index (χ1v) is 17.5. The Kier molecular flexibility index (Phi) is 9.87. The minimum atomic E-state index is -4.99. The highest BCUT2D eigenvalue weighted by atomic mass is 19.4. The Hall–Kier alpha value is -9.43. The Bertz CT molecular complexity index is 3170. The molecular formula is C48H19F3N8O. The number of alkyl halides is 3. The fourth-order valence-electron chi connectivity index (χ4n) is 7.42. The highest BCUT2D eigenvalue weighted by molar-refractivity contribution is 6.34. The quantitative estimate of drug-likeness (QED) is 0.156. The molecule has 0 aromatic heterocycles. The Morgan fingerprint density at radius 2 is 0.833 bits per heavy atom. The summed E-state index contributed by atoms with van der Waals surface area (Å²) in [5, 5.41) is 82.8. The van der Waals surface area contributed by atoms with Gasteiger partial charge in [-0.05, 0) is 101 Å². The molecule has 0 fully saturated rings. The van der Waals surface area contributed by atoms with Crippen LogP contribution in [0.15, 0.2) is 97.1 Å². The number of halogens is 3. The molecule has 278 valence electrons. The zero-order chi connectivity index (χ0) is 42.9. The molecule has 0 bridgehead atoms. The molecule has 0 amide bonds. The van der Waals surface area contributed by atoms with E-state index in [1.165, 1.54) is 48.5 Å². The summed E-state index contributed by atoms with van der Waals surface area (Å²) in [6, 6.07) is 40.3. The first kappa shape index (κ1) is 38.8. The number of allylic oxidation sites excluding steroid dienone is 8. The molecule has 0 aliphatic heterocycles. The van der Waals surface area contributed by atoms with Crippen LogP contribution in [0, 0.1) is 97.6 Å². The van der Waals surface area contributed by atoms with Gasteiger partial charge in [-0.1, -0.05) is 42.0 Å². The smallest absolute Gasteiger partial charge is 0.406 e. The molecule has 60 heavy (non-hydrogen) atoms. The third-order valence-electron chi connectivity index (χ3n) is 9.86. The van der Waals surface area contributed by atoms with Crippen LogP contribution in [0.3, 0.4) is 0 Å². The second-order valence-electron chi connectivity index (χ2n) is 13.4. The van der Waals surface area contributed by atoms with Crippen molar-refractivity contribution < 1.29 is 17.9 Å². The molecule has 0 saturated carbocycles. The van der Waals surface area contributed by atoms with Gasteiger partial charge in [0, 0.05) is 33.4 Å². The number of nitriles is 8. The molecule has 7 rings (SSSR count). The Morgan fingerprint density at radius 1 is 0.467 bits per heavy atom. The van der Waals surface area contributed by atoms with Crippen LogP contribution in [-0.4, -0.2) is 6.36 Å². The number of benzene rings is 5. The molecule has 0 unspecified atom stereocenters. The SMILES string of the molecule is Cc1ccc(C2=C(C#N)c3cc4c(cc3/C2=C(\C#N)c2cc(C#N)cc(C#N)c2)C(C#N)=C(c2ccc(OC(F)(F)F)cc2)/C4=C(/C#N)c2cc(C#N)cc(C#N)c2)cc1. The van der Waals surface area contributed by atoms with E-state index in [0.29, 0.717) is 22.3 Å². The first-order valence-electron chi connectivity index (χ1n) is 17.5. The van der Waals surface area contributed by atoms with E-state index in [0.717, 1.165) is 17.7 Å². The predicted molar refractivity (Wildman–Crippen MR) is 212 cm³/mol. The van der Waals surface area contributed by atoms with Gasteiger partial charge < -0.3 is 4.74 Å². The first-order chi connectivity index (χ1) is 28.9. The van der Waals surface area contributed by atoms with E-state index in [9.17, 15) is 55.3 Å². The van der Waals surface area contributed by atoms with Crippen molar-refractivity contribution in [2.75, 3.05) is 0 Å². The van der Waals surface area contributed by atoms with Crippen molar-refractivity contribution in [3.05, 3.63) is 169 Å². The molecule has 0 atom stereocenters. The highest BCUT2D eigenvalue weighted by Gasteiger charge is 2.38. The van der Waals surface area contributed by atoms with Gasteiger partial charge in [0.25, 0.3) is 0 Å². The van der Waals surface area contributed by atoms with E-state index in [4.69, 9.17) is 0 Å². The van der Waals surface area contributed by atoms with Crippen LogP contribution >= 0.6 is 0 Å². The molecular weight excluding hydrogens is 762 g/mol. The zero-order valence-corrected chi connectivity index (χ0v) is 30.9. The lowest BCUT2D eigenvalue weighted by Crippen LogP contribution is -2.17. The number of hydrogen-bond donors (Lipinski definition) is 0. The van der Waals surface area contributed by atoms with Crippen molar-refractivity contribution >= 4 is 44.6 Å². The summed E-state index contributed by atoms with van der Waals surface area (Å²) in [5.74, 6) is -0.544. The molecule has 5 aromatic rings. The average Bonchev–Trinajstić information content (AvgIpc) is 3.74. The third kappa shape index (κ3) is 6.75. The molecule has 0 N–H and O–H groups in total. The number of hydrogen-bond acceptors (Lipinski definition) is 9. The van der Waals surface area contributed by atoms with Crippen LogP contribution in [0.2, 0.25) is 0 Å². The van der Waals surface area contributed by atoms with Crippen molar-refractivity contribution in [1.29, 1.82) is 42.1 Å². The highest BCUT2D eigenvalue weighted by Crippen LogP contribution is 2.56. The molecule has 12 heteroatoms. The van der Waals surface area contributed by atoms with E-state index in [1.54, 1.807) is 24.3 Å². The van der Waals surface area contributed by atoms with Crippen LogP contribution in [0.1, 0.15) is 72.3 Å². The number of fused-ring (bicyclic) bond motifs is 2. The summed E-state index contributed by atoms with van der Waals surface area (Å²) < 4.78 is 43.5. The van der Waals surface area contributed by atoms with Crippen molar-refractivity contribution in [3.63, 3.8) is 0 Å². The lowest BCUT2D eigenvalue weighted by Gasteiger charge is -2.15. The maximum atomic E-state index is 13.1. The fourth-order valence-corrected chi connectivity index (χ4v) is 7.42. The van der Waals surface area contributed by atoms with Gasteiger partial charge in [-0.25, -0.2) is 0 Å². The van der Waals surface area contributed by atoms with E-state index in [2.05, 4.69) is 29.0 Å². The maximum absolute atomic E-state index is 13.1. The zero-order valence-electron chi connectivity index (χ0n) is 30.9. The topological polar surface area (TPSA) is 200 Å². The van der Waals surface area contributed by atoms with Crippen LogP contribution in [-0.2, 0) is 0 Å². The van der Waals surface area contributed by atoms with Crippen molar-refractivity contribution in [3.8, 4) is 54.3 Å². The standard InChI is InChI=1S/C48H19F3N8O/c1-26-2-4-31(5-3-26)44-42(24-58)36-16-39-37(17-38(36)46(44)40(22-56)33-12-27(18-52)10-28(13-33)19-53)43(25-59)45(32-6-8-35(9-7-32)60-48(49,50)51)47(39)41(23-57)34-14-29(20-54)11-30(15-34)21-55/h2-17H,1H3/b46-40-,47-41-. The van der Waals surface area contributed by atoms with Crippen LogP contribution in [0.5, 0.6) is 5.75 Å². The van der Waals surface area contributed by atoms with Gasteiger partial charge in [0.2, 0.25) is 0 Å². The second-order valence-corrected chi connectivity index (χ2v) is 13.4. The number of ether oxygens (including phenoxy) is 1. The Balaban J connectivity index is 1.63. The third-order valence-corrected chi connectivity index (χ3v) is 9.86. The van der Waals surface area contributed by atoms with E-state index in [1.807, 2.05) is 43.3 Å². The van der Waals surface area contributed by atoms with Gasteiger partial charge in [-0.3, -0.25) is 0 Å². The lowest BCUT2D eigenvalue weighted by atomic mass is 9.86. The molecule has 0 radical (unpaired) electrons. The largest absolute Gasteiger partial charge is 0.573 e. The number of aryl methyl sites for hydroxylation is 1. The lowest BCUT2D eigenvalue weighted by molar-refractivity contribution is -0.274. The Morgan fingerprint density at radius 3 is 1.15 bits per heavy atom. The molecule has 2 aliphatic carbocycles. The molecule has 0 heterocycles. The average molecular weight is 781 g/mol. The molecule has 5 aromatic carbocycles. The van der Waals surface area contributed by atoms with Gasteiger partial charge in [0.05, 0.1) is 68.8 Å². The predicted octanol–water partition coefficient (Wildman–Crippen LogP) is 10.1. The van der Waals surface area contributed by atoms with Gasteiger partial charge in [0.1, 0.15) is 30.0 Å². The summed E-state index contributed by atoms with van der Waals surface area (Å²) in [5.41, 5.74) is 4.37. The van der Waals surface area contributed by atoms with E-state index >= 15 is 0 Å². The van der Waals surface area contributed by atoms with Crippen molar-refractivity contribution in [2.45, 2.75) is 13.3 Å². The molecule has 0 spiro atoms. The van der Waals surface area contributed by atoms with Gasteiger partial charge >= 0.3 is 6.36 Å². The van der Waals surface area contributed by atoms with Gasteiger partial charge in [0.15, 0.2) is 0 Å². The molecule has 2 aliphatic rings. The van der Waals surface area contributed by atoms with E-state index < -0.39 is 12.1 Å². The molecule has 9 nitrogen and oxygen atoms in total. The summed E-state index contributed by atoms with van der Waals surface area (Å²) in [6.45, 7) is 1.88. The van der Waals surface area contributed by atoms with Crippen molar-refractivity contribution in [2.24, 2.45) is 0 Å². The summed E-state index contributed by atoms with van der Waals surface area (Å²) in [4.78, 5) is 0. The normalized spacial score (nSPS) is 14.1. The minimum absolute atomic E-state index is 0.0115. The summed E-state index contributed by atoms with van der Waals surface area (Å²) in [6.07, 6.45) is -4.99. The van der Waals surface area contributed by atoms with Crippen LogP contribution in [0.4, 0.5) is 13.2 Å². The van der Waals surface area contributed by atoms with Gasteiger partial charge in [-0.15, -0.1) is 13.2 Å². The Labute approximate surface area is 340 Å². The fraction of sp³-hybridized carbons (Fsp3) is 0.0417. The van der Waals surface area contributed by atoms with Crippen molar-refractivity contribution in [1.82, 2.24) is 0 Å². The maximum Gasteiger partial charge on any atom is 0.573 e. The number of nitrogens with zero attached hydrogens (tertiary/aromatic N) is 8. The number of rotatable bonds is 5. The monoisotopic (exact) mass is 780 g/mol. The van der Waals surface area contributed by atoms with Gasteiger partial charge in [-0.2, -0.15) is 42.1 Å². The van der Waals surface area contributed by atoms with Crippen LogP contribution in [0.25, 0.3) is 44.6 Å².